The van der Waals surface area contributed by atoms with Crippen LogP contribution in [0.1, 0.15) is 24.0 Å². The van der Waals surface area contributed by atoms with Crippen LogP contribution in [-0.4, -0.2) is 6.54 Å². The first-order valence-corrected chi connectivity index (χ1v) is 6.59. The number of hydrogen-bond donors (Lipinski definition) is 1. The second-order valence-electron chi connectivity index (χ2n) is 4.68. The molecule has 0 heterocycles. The summed E-state index contributed by atoms with van der Waals surface area (Å²) >= 11 is 6.20. The second kappa shape index (κ2) is 5.92. The summed E-state index contributed by atoms with van der Waals surface area (Å²) in [5, 5.41) is 4.19. The molecule has 1 N–H and O–H groups in total. The van der Waals surface area contributed by atoms with E-state index in [9.17, 15) is 0 Å². The van der Waals surface area contributed by atoms with E-state index in [0.717, 1.165) is 17.3 Å². The fourth-order valence-electron chi connectivity index (χ4n) is 1.93. The summed E-state index contributed by atoms with van der Waals surface area (Å²) in [7, 11) is 0. The smallest absolute Gasteiger partial charge is 0.0640 e. The summed E-state index contributed by atoms with van der Waals surface area (Å²) < 4.78 is 0. The second-order valence-corrected chi connectivity index (χ2v) is 5.08. The molecule has 0 amide bonds. The minimum atomic E-state index is 0.462. The molecule has 2 rings (SSSR count). The molecule has 0 aromatic heterocycles. The Kier molecular flexibility index (Phi) is 4.27. The van der Waals surface area contributed by atoms with Gasteiger partial charge in [0.25, 0.3) is 0 Å². The molecular weight excluding hydrogens is 242 g/mol. The fraction of sp³-hybridized carbons (Fsp3) is 0.250. The van der Waals surface area contributed by atoms with Crippen LogP contribution in [0, 0.1) is 6.92 Å². The van der Waals surface area contributed by atoms with E-state index in [1.54, 1.807) is 0 Å². The molecule has 2 heteroatoms. The average molecular weight is 260 g/mol. The summed E-state index contributed by atoms with van der Waals surface area (Å²) in [6, 6.07) is 16.6. The normalized spacial score (nSPS) is 12.2. The third-order valence-corrected chi connectivity index (χ3v) is 3.40. The molecule has 1 atom stereocenters. The quantitative estimate of drug-likeness (QED) is 0.827. The Labute approximate surface area is 114 Å². The maximum absolute atomic E-state index is 6.20. The van der Waals surface area contributed by atoms with Crippen LogP contribution in [0.3, 0.4) is 0 Å². The Hall–Kier alpha value is -1.47. The predicted octanol–water partition coefficient (Wildman–Crippen LogP) is 4.86. The Morgan fingerprint density at radius 1 is 1.11 bits per heavy atom. The molecule has 0 saturated carbocycles. The largest absolute Gasteiger partial charge is 0.383 e. The van der Waals surface area contributed by atoms with Crippen LogP contribution in [0.2, 0.25) is 5.02 Å². The number of benzene rings is 2. The van der Waals surface area contributed by atoms with E-state index < -0.39 is 0 Å². The monoisotopic (exact) mass is 259 g/mol. The van der Waals surface area contributed by atoms with Crippen LogP contribution in [0.25, 0.3) is 0 Å². The van der Waals surface area contributed by atoms with Gasteiger partial charge in [0.15, 0.2) is 0 Å². The van der Waals surface area contributed by atoms with Crippen molar-refractivity contribution < 1.29 is 0 Å². The molecule has 0 radical (unpaired) electrons. The van der Waals surface area contributed by atoms with E-state index in [4.69, 9.17) is 11.6 Å². The van der Waals surface area contributed by atoms with E-state index >= 15 is 0 Å². The Morgan fingerprint density at radius 3 is 2.50 bits per heavy atom. The lowest BCUT2D eigenvalue weighted by molar-refractivity contribution is 0.805. The minimum absolute atomic E-state index is 0.462. The maximum Gasteiger partial charge on any atom is 0.0640 e. The topological polar surface area (TPSA) is 12.0 Å². The molecule has 0 bridgehead atoms. The summed E-state index contributed by atoms with van der Waals surface area (Å²) in [4.78, 5) is 0. The molecule has 1 nitrogen and oxygen atoms in total. The zero-order valence-electron chi connectivity index (χ0n) is 10.8. The molecule has 0 aliphatic rings. The van der Waals surface area contributed by atoms with Gasteiger partial charge >= 0.3 is 0 Å². The Bertz CT molecular complexity index is 508. The van der Waals surface area contributed by atoms with E-state index in [1.807, 2.05) is 25.1 Å². The average Bonchev–Trinajstić information content (AvgIpc) is 2.38. The standard InChI is InChI=1S/C16H18ClN/c1-12-8-9-16(15(17)10-12)18-11-13(2)14-6-4-3-5-7-14/h3-10,13,18H,11H2,1-2H3. The first-order chi connectivity index (χ1) is 8.66. The van der Waals surface area contributed by atoms with Gasteiger partial charge in [0.2, 0.25) is 0 Å². The molecule has 0 saturated heterocycles. The van der Waals surface area contributed by atoms with Gasteiger partial charge in [-0.3, -0.25) is 0 Å². The summed E-state index contributed by atoms with van der Waals surface area (Å²) in [6.07, 6.45) is 0. The first kappa shape index (κ1) is 13.0. The van der Waals surface area contributed by atoms with Gasteiger partial charge < -0.3 is 5.32 Å². The van der Waals surface area contributed by atoms with Crippen molar-refractivity contribution in [1.29, 1.82) is 0 Å². The highest BCUT2D eigenvalue weighted by Gasteiger charge is 2.06. The number of rotatable bonds is 4. The number of aryl methyl sites for hydroxylation is 1. The van der Waals surface area contributed by atoms with Crippen molar-refractivity contribution in [3.63, 3.8) is 0 Å². The molecule has 2 aromatic carbocycles. The van der Waals surface area contributed by atoms with Gasteiger partial charge in [-0.2, -0.15) is 0 Å². The van der Waals surface area contributed by atoms with Crippen LogP contribution < -0.4 is 5.32 Å². The molecule has 18 heavy (non-hydrogen) atoms. The third-order valence-electron chi connectivity index (χ3n) is 3.09. The lowest BCUT2D eigenvalue weighted by atomic mass is 10.0. The van der Waals surface area contributed by atoms with Crippen LogP contribution >= 0.6 is 11.6 Å². The Balaban J connectivity index is 1.99. The van der Waals surface area contributed by atoms with Crippen LogP contribution in [0.5, 0.6) is 0 Å². The van der Waals surface area contributed by atoms with E-state index in [1.165, 1.54) is 11.1 Å². The molecular formula is C16H18ClN. The Morgan fingerprint density at radius 2 is 1.83 bits per heavy atom. The predicted molar refractivity (Wildman–Crippen MR) is 79.5 cm³/mol. The molecule has 2 aromatic rings. The molecule has 0 aliphatic carbocycles. The van der Waals surface area contributed by atoms with E-state index in [2.05, 4.69) is 42.6 Å². The number of halogens is 1. The number of nitrogens with one attached hydrogen (secondary N) is 1. The third kappa shape index (κ3) is 3.27. The first-order valence-electron chi connectivity index (χ1n) is 6.22. The summed E-state index contributed by atoms with van der Waals surface area (Å²) in [5.41, 5.74) is 3.53. The van der Waals surface area contributed by atoms with Crippen molar-refractivity contribution in [1.82, 2.24) is 0 Å². The lowest BCUT2D eigenvalue weighted by Crippen LogP contribution is -2.10. The van der Waals surface area contributed by atoms with Crippen molar-refractivity contribution in [3.05, 3.63) is 64.7 Å². The molecule has 94 valence electrons. The maximum atomic E-state index is 6.20. The van der Waals surface area contributed by atoms with Gasteiger partial charge in [-0.15, -0.1) is 0 Å². The fourth-order valence-corrected chi connectivity index (χ4v) is 2.23. The van der Waals surface area contributed by atoms with Crippen LogP contribution in [0.15, 0.2) is 48.5 Å². The minimum Gasteiger partial charge on any atom is -0.383 e. The zero-order valence-corrected chi connectivity index (χ0v) is 11.5. The van der Waals surface area contributed by atoms with E-state index in [0.29, 0.717) is 5.92 Å². The van der Waals surface area contributed by atoms with Crippen LogP contribution in [0.4, 0.5) is 5.69 Å². The number of anilines is 1. The van der Waals surface area contributed by atoms with Crippen molar-refractivity contribution in [2.24, 2.45) is 0 Å². The lowest BCUT2D eigenvalue weighted by Gasteiger charge is -2.15. The summed E-state index contributed by atoms with van der Waals surface area (Å²) in [6.45, 7) is 5.14. The molecule has 0 aliphatic heterocycles. The molecule has 0 fully saturated rings. The highest BCUT2D eigenvalue weighted by Crippen LogP contribution is 2.24. The van der Waals surface area contributed by atoms with Gasteiger partial charge in [0.05, 0.1) is 10.7 Å². The summed E-state index contributed by atoms with van der Waals surface area (Å²) in [5.74, 6) is 0.462. The van der Waals surface area contributed by atoms with Gasteiger partial charge in [0.1, 0.15) is 0 Å². The SMILES string of the molecule is Cc1ccc(NCC(C)c2ccccc2)c(Cl)c1. The van der Waals surface area contributed by atoms with Crippen molar-refractivity contribution in [2.75, 3.05) is 11.9 Å². The zero-order chi connectivity index (χ0) is 13.0. The van der Waals surface area contributed by atoms with E-state index in [-0.39, 0.29) is 0 Å². The van der Waals surface area contributed by atoms with Crippen LogP contribution in [-0.2, 0) is 0 Å². The van der Waals surface area contributed by atoms with Gasteiger partial charge in [-0.25, -0.2) is 0 Å². The van der Waals surface area contributed by atoms with Crippen molar-refractivity contribution >= 4 is 17.3 Å². The van der Waals surface area contributed by atoms with Gasteiger partial charge in [0, 0.05) is 6.54 Å². The molecule has 1 unspecified atom stereocenters. The highest BCUT2D eigenvalue weighted by atomic mass is 35.5. The van der Waals surface area contributed by atoms with Crippen molar-refractivity contribution in [2.45, 2.75) is 19.8 Å². The van der Waals surface area contributed by atoms with Crippen molar-refractivity contribution in [3.8, 4) is 0 Å². The van der Waals surface area contributed by atoms with Gasteiger partial charge in [-0.05, 0) is 36.1 Å². The highest BCUT2D eigenvalue weighted by molar-refractivity contribution is 6.33. The number of hydrogen-bond acceptors (Lipinski definition) is 1. The molecule has 0 spiro atoms. The van der Waals surface area contributed by atoms with Gasteiger partial charge in [-0.1, -0.05) is 54.9 Å².